The molecule has 0 fully saturated rings. The molecule has 16 heteroatoms. The van der Waals surface area contributed by atoms with E-state index in [4.69, 9.17) is 14.6 Å². The second kappa shape index (κ2) is 15.5. The topological polar surface area (TPSA) is 206 Å². The van der Waals surface area contributed by atoms with Crippen LogP contribution in [0.25, 0.3) is 67.1 Å². The number of ether oxygens (including phenoxy) is 3. The van der Waals surface area contributed by atoms with E-state index in [-0.39, 0.29) is 28.4 Å². The van der Waals surface area contributed by atoms with E-state index >= 15 is 0 Å². The van der Waals surface area contributed by atoms with Crippen molar-refractivity contribution in [3.8, 4) is 68.3 Å². The van der Waals surface area contributed by atoms with Gasteiger partial charge in [0.25, 0.3) is 0 Å². The van der Waals surface area contributed by atoms with Crippen molar-refractivity contribution >= 4 is 34.0 Å². The van der Waals surface area contributed by atoms with E-state index in [1.54, 1.807) is 48.8 Å². The standard InChI is InChI=1S/C21H16FN3O4.C20H14FN3O4/c1-28-20-12(4-3-7-23-20)11-5-6-18(26)14(8-11)19-24-16-9-13(21(27)29-2)15(22)10-17(16)25-19;1-28-19-11(3-2-6-22-19)10-4-5-17(25)13(7-10)18-23-15-8-12(20(26)27)14(21)9-16(15)24-18/h3-10,26H,1-2H3,(H,24,25);2-9,25H,1H3,(H,23,24)(H,26,27). The van der Waals surface area contributed by atoms with Crippen molar-refractivity contribution in [2.75, 3.05) is 21.3 Å². The molecule has 14 nitrogen and oxygen atoms in total. The first-order valence-electron chi connectivity index (χ1n) is 16.8. The summed E-state index contributed by atoms with van der Waals surface area (Å²) >= 11 is 0. The molecule has 0 radical (unpaired) electrons. The highest BCUT2D eigenvalue weighted by atomic mass is 19.1. The second-order valence-electron chi connectivity index (χ2n) is 12.3. The molecule has 0 saturated carbocycles. The number of nitrogens with one attached hydrogen (secondary N) is 2. The largest absolute Gasteiger partial charge is 0.507 e. The number of esters is 1. The molecule has 0 bridgehead atoms. The summed E-state index contributed by atoms with van der Waals surface area (Å²) < 4.78 is 43.3. The molecule has 0 saturated heterocycles. The van der Waals surface area contributed by atoms with Gasteiger partial charge in [-0.25, -0.2) is 38.3 Å². The van der Waals surface area contributed by atoms with E-state index < -0.39 is 29.1 Å². The van der Waals surface area contributed by atoms with Gasteiger partial charge in [-0.15, -0.1) is 0 Å². The van der Waals surface area contributed by atoms with Gasteiger partial charge in [-0.1, -0.05) is 12.1 Å². The van der Waals surface area contributed by atoms with Crippen molar-refractivity contribution in [3.63, 3.8) is 0 Å². The minimum atomic E-state index is -1.38. The number of H-pyrrole nitrogens is 2. The van der Waals surface area contributed by atoms with Crippen LogP contribution in [0.3, 0.4) is 0 Å². The van der Waals surface area contributed by atoms with Crippen LogP contribution in [0.4, 0.5) is 8.78 Å². The SMILES string of the molecule is COC(=O)c1cc2nc(-c3cc(-c4cccnc4OC)ccc3O)[nH]c2cc1F.COc1ncccc1-c1ccc(O)c(-c2nc3cc(C(=O)O)c(F)cc3[nH]2)c1. The van der Waals surface area contributed by atoms with Crippen LogP contribution >= 0.6 is 0 Å². The highest BCUT2D eigenvalue weighted by Gasteiger charge is 2.20. The molecule has 286 valence electrons. The Morgan fingerprint density at radius 2 is 1.07 bits per heavy atom. The third-order valence-electron chi connectivity index (χ3n) is 8.83. The molecular weight excluding hydrogens is 742 g/mol. The van der Waals surface area contributed by atoms with Crippen molar-refractivity contribution in [1.82, 2.24) is 29.9 Å². The minimum absolute atomic E-state index is 0.00988. The highest BCUT2D eigenvalue weighted by Crippen LogP contribution is 2.37. The van der Waals surface area contributed by atoms with Gasteiger partial charge in [0.2, 0.25) is 11.8 Å². The van der Waals surface area contributed by atoms with Gasteiger partial charge in [0, 0.05) is 35.7 Å². The molecule has 4 aromatic carbocycles. The van der Waals surface area contributed by atoms with Crippen LogP contribution in [0.1, 0.15) is 20.7 Å². The monoisotopic (exact) mass is 772 g/mol. The number of rotatable bonds is 8. The van der Waals surface area contributed by atoms with Gasteiger partial charge < -0.3 is 39.5 Å². The van der Waals surface area contributed by atoms with Crippen molar-refractivity contribution in [2.45, 2.75) is 0 Å². The van der Waals surface area contributed by atoms with Crippen LogP contribution in [-0.2, 0) is 4.74 Å². The fraction of sp³-hybridized carbons (Fsp3) is 0.0732. The van der Waals surface area contributed by atoms with Gasteiger partial charge in [-0.2, -0.15) is 0 Å². The van der Waals surface area contributed by atoms with E-state index in [0.29, 0.717) is 45.3 Å². The number of carboxylic acid groups (broad SMARTS) is 1. The third kappa shape index (κ3) is 7.34. The Kier molecular flexibility index (Phi) is 10.2. The number of aromatic hydroxyl groups is 2. The number of aromatic amines is 2. The van der Waals surface area contributed by atoms with E-state index in [1.165, 1.54) is 45.6 Å². The predicted octanol–water partition coefficient (Wildman–Crippen LogP) is 7.78. The maximum Gasteiger partial charge on any atom is 0.340 e. The number of nitrogens with zero attached hydrogens (tertiary/aromatic N) is 4. The Balaban J connectivity index is 0.000000174. The maximum atomic E-state index is 14.2. The fourth-order valence-electron chi connectivity index (χ4n) is 6.08. The van der Waals surface area contributed by atoms with Gasteiger partial charge in [0.1, 0.15) is 34.8 Å². The molecule has 0 atom stereocenters. The van der Waals surface area contributed by atoms with Crippen LogP contribution in [0.2, 0.25) is 0 Å². The lowest BCUT2D eigenvalue weighted by atomic mass is 10.0. The lowest BCUT2D eigenvalue weighted by Gasteiger charge is -2.09. The summed E-state index contributed by atoms with van der Waals surface area (Å²) in [5.41, 5.74) is 4.40. The first-order valence-corrected chi connectivity index (χ1v) is 16.8. The molecule has 0 unspecified atom stereocenters. The van der Waals surface area contributed by atoms with Crippen molar-refractivity contribution in [3.05, 3.63) is 120 Å². The Morgan fingerprint density at radius 1 is 0.614 bits per heavy atom. The summed E-state index contributed by atoms with van der Waals surface area (Å²) in [6.07, 6.45) is 3.23. The zero-order chi connectivity index (χ0) is 40.4. The van der Waals surface area contributed by atoms with Gasteiger partial charge >= 0.3 is 11.9 Å². The molecule has 0 aliphatic heterocycles. The normalized spacial score (nSPS) is 10.9. The smallest absolute Gasteiger partial charge is 0.340 e. The number of carboxylic acids is 1. The highest BCUT2D eigenvalue weighted by molar-refractivity contribution is 5.95. The average Bonchev–Trinajstić information content (AvgIpc) is 3.83. The number of hydrogen-bond donors (Lipinski definition) is 5. The predicted molar refractivity (Wildman–Crippen MR) is 204 cm³/mol. The van der Waals surface area contributed by atoms with Crippen LogP contribution in [0.15, 0.2) is 97.3 Å². The van der Waals surface area contributed by atoms with Crippen LogP contribution in [0, 0.1) is 11.6 Å². The number of hydrogen-bond acceptors (Lipinski definition) is 11. The Morgan fingerprint density at radius 3 is 1.51 bits per heavy atom. The summed E-state index contributed by atoms with van der Waals surface area (Å²) in [6.45, 7) is 0. The van der Waals surface area contributed by atoms with Crippen LogP contribution in [-0.4, -0.2) is 78.5 Å². The Bertz CT molecular complexity index is 2840. The van der Waals surface area contributed by atoms with Gasteiger partial charge in [0.05, 0.1) is 65.7 Å². The van der Waals surface area contributed by atoms with Gasteiger partial charge in [-0.3, -0.25) is 0 Å². The number of imidazole rings is 2. The summed E-state index contributed by atoms with van der Waals surface area (Å²) in [5, 5.41) is 29.7. The van der Waals surface area contributed by atoms with Crippen LogP contribution < -0.4 is 9.47 Å². The quantitative estimate of drug-likeness (QED) is 0.0940. The lowest BCUT2D eigenvalue weighted by Crippen LogP contribution is -2.04. The molecule has 0 aliphatic carbocycles. The summed E-state index contributed by atoms with van der Waals surface area (Å²) in [6, 6.07) is 21.8. The number of halogens is 2. The zero-order valence-corrected chi connectivity index (χ0v) is 30.2. The summed E-state index contributed by atoms with van der Waals surface area (Å²) in [7, 11) is 4.22. The number of fused-ring (bicyclic) bond motifs is 2. The number of carbonyl (C=O) groups is 2. The van der Waals surface area contributed by atoms with E-state index in [0.717, 1.165) is 34.4 Å². The van der Waals surface area contributed by atoms with Crippen molar-refractivity contribution in [2.24, 2.45) is 0 Å². The maximum absolute atomic E-state index is 14.2. The molecule has 0 amide bonds. The number of methoxy groups -OCH3 is 3. The number of pyridine rings is 2. The van der Waals surface area contributed by atoms with Crippen LogP contribution in [0.5, 0.6) is 23.3 Å². The van der Waals surface area contributed by atoms with E-state index in [1.807, 2.05) is 12.1 Å². The molecule has 8 aromatic rings. The van der Waals surface area contributed by atoms with E-state index in [9.17, 15) is 28.6 Å². The van der Waals surface area contributed by atoms with Gasteiger partial charge in [0.15, 0.2) is 0 Å². The van der Waals surface area contributed by atoms with Gasteiger partial charge in [-0.05, 0) is 71.8 Å². The minimum Gasteiger partial charge on any atom is -0.507 e. The first kappa shape index (κ1) is 37.4. The summed E-state index contributed by atoms with van der Waals surface area (Å²) in [5.74, 6) is -2.34. The van der Waals surface area contributed by atoms with E-state index in [2.05, 4.69) is 34.6 Å². The first-order chi connectivity index (χ1) is 27.5. The third-order valence-corrected chi connectivity index (χ3v) is 8.83. The molecule has 8 rings (SSSR count). The summed E-state index contributed by atoms with van der Waals surface area (Å²) in [4.78, 5) is 45.8. The molecular formula is C41H30F2N6O8. The Hall–Kier alpha value is -7.88. The molecule has 0 spiro atoms. The molecule has 57 heavy (non-hydrogen) atoms. The Labute approximate surface area is 321 Å². The number of phenols is 2. The molecule has 4 aromatic heterocycles. The van der Waals surface area contributed by atoms with Crippen molar-refractivity contribution in [1.29, 1.82) is 0 Å². The number of aromatic nitrogens is 6. The number of phenolic OH excluding ortho intramolecular Hbond substituents is 2. The lowest BCUT2D eigenvalue weighted by molar-refractivity contribution is 0.0594. The molecule has 4 heterocycles. The van der Waals surface area contributed by atoms with Crippen molar-refractivity contribution < 1.29 is 47.9 Å². The average molecular weight is 773 g/mol. The molecule has 5 N–H and O–H groups in total. The number of aromatic carboxylic acids is 1. The second-order valence-corrected chi connectivity index (χ2v) is 12.3. The number of benzene rings is 4. The zero-order valence-electron chi connectivity index (χ0n) is 30.2. The molecule has 0 aliphatic rings. The fourth-order valence-corrected chi connectivity index (χ4v) is 6.08. The number of carbonyl (C=O) groups excluding carboxylic acids is 1.